The van der Waals surface area contributed by atoms with E-state index in [0.29, 0.717) is 26.1 Å². The van der Waals surface area contributed by atoms with Crippen LogP contribution in [0.3, 0.4) is 0 Å². The number of nitrogens with zero attached hydrogens (tertiary/aromatic N) is 2. The summed E-state index contributed by atoms with van der Waals surface area (Å²) in [5.41, 5.74) is 1.08. The second-order valence-electron chi connectivity index (χ2n) is 6.75. The molecular weight excluding hydrogens is 318 g/mol. The predicted octanol–water partition coefficient (Wildman–Crippen LogP) is 1.15. The zero-order valence-corrected chi connectivity index (χ0v) is 15.5. The molecule has 2 amide bonds. The molecule has 1 aromatic carbocycles. The van der Waals surface area contributed by atoms with Crippen LogP contribution in [-0.4, -0.2) is 69.0 Å². The molecule has 0 bridgehead atoms. The number of rotatable bonds is 9. The maximum Gasteiger partial charge on any atom is 0.225 e. The van der Waals surface area contributed by atoms with E-state index >= 15 is 0 Å². The highest BCUT2D eigenvalue weighted by molar-refractivity contribution is 5.89. The summed E-state index contributed by atoms with van der Waals surface area (Å²) < 4.78 is 5.35. The lowest BCUT2D eigenvalue weighted by Crippen LogP contribution is -2.34. The topological polar surface area (TPSA) is 61.9 Å². The maximum absolute atomic E-state index is 12.2. The molecule has 0 spiro atoms. The van der Waals surface area contributed by atoms with E-state index in [-0.39, 0.29) is 17.7 Å². The average molecular weight is 347 g/mol. The van der Waals surface area contributed by atoms with Gasteiger partial charge in [-0.1, -0.05) is 18.2 Å². The van der Waals surface area contributed by atoms with Crippen LogP contribution in [-0.2, 0) is 16.0 Å². The second kappa shape index (κ2) is 9.42. The van der Waals surface area contributed by atoms with Crippen molar-refractivity contribution in [2.24, 2.45) is 5.92 Å². The van der Waals surface area contributed by atoms with Gasteiger partial charge in [-0.15, -0.1) is 0 Å². The maximum atomic E-state index is 12.2. The van der Waals surface area contributed by atoms with Crippen molar-refractivity contribution in [3.05, 3.63) is 29.8 Å². The number of carbonyl (C=O) groups is 2. The van der Waals surface area contributed by atoms with Crippen LogP contribution in [0.15, 0.2) is 24.3 Å². The SMILES string of the molecule is COc1ccccc1CCN1CC(C(=O)NCCCN(C)C)CC1=O. The molecule has 1 heterocycles. The fourth-order valence-electron chi connectivity index (χ4n) is 3.08. The molecule has 2 rings (SSSR count). The molecule has 0 saturated carbocycles. The minimum absolute atomic E-state index is 0.00750. The van der Waals surface area contributed by atoms with Gasteiger partial charge >= 0.3 is 0 Å². The first kappa shape index (κ1) is 19.2. The fraction of sp³-hybridized carbons (Fsp3) is 0.579. The van der Waals surface area contributed by atoms with E-state index in [1.807, 2.05) is 38.4 Å². The molecule has 1 fully saturated rings. The Hall–Kier alpha value is -2.08. The third-order valence-corrected chi connectivity index (χ3v) is 4.51. The molecule has 1 unspecified atom stereocenters. The van der Waals surface area contributed by atoms with Gasteiger partial charge in [0.05, 0.1) is 13.0 Å². The Labute approximate surface area is 150 Å². The van der Waals surface area contributed by atoms with Gasteiger partial charge in [0.1, 0.15) is 5.75 Å². The van der Waals surface area contributed by atoms with E-state index in [2.05, 4.69) is 10.2 Å². The van der Waals surface area contributed by atoms with Gasteiger partial charge in [-0.3, -0.25) is 9.59 Å². The summed E-state index contributed by atoms with van der Waals surface area (Å²) in [4.78, 5) is 28.3. The van der Waals surface area contributed by atoms with Gasteiger partial charge in [-0.05, 0) is 45.1 Å². The summed E-state index contributed by atoms with van der Waals surface area (Å²) in [6.07, 6.45) is 1.95. The lowest BCUT2D eigenvalue weighted by Gasteiger charge is -2.17. The average Bonchev–Trinajstić information content (AvgIpc) is 2.97. The summed E-state index contributed by atoms with van der Waals surface area (Å²) in [5, 5.41) is 2.95. The van der Waals surface area contributed by atoms with Crippen molar-refractivity contribution in [2.75, 3.05) is 47.4 Å². The summed E-state index contributed by atoms with van der Waals surface area (Å²) in [7, 11) is 5.67. The molecule has 138 valence electrons. The first-order chi connectivity index (χ1) is 12.0. The van der Waals surface area contributed by atoms with Crippen molar-refractivity contribution in [1.29, 1.82) is 0 Å². The van der Waals surface area contributed by atoms with E-state index in [9.17, 15) is 9.59 Å². The summed E-state index contributed by atoms with van der Waals surface area (Å²) >= 11 is 0. The molecule has 1 saturated heterocycles. The number of ether oxygens (including phenoxy) is 1. The highest BCUT2D eigenvalue weighted by Gasteiger charge is 2.33. The van der Waals surface area contributed by atoms with Crippen molar-refractivity contribution < 1.29 is 14.3 Å². The van der Waals surface area contributed by atoms with Crippen LogP contribution in [0.25, 0.3) is 0 Å². The molecule has 0 aliphatic carbocycles. The molecule has 1 atom stereocenters. The predicted molar refractivity (Wildman–Crippen MR) is 97.6 cm³/mol. The molecule has 0 aromatic heterocycles. The van der Waals surface area contributed by atoms with Gasteiger partial charge in [0.25, 0.3) is 0 Å². The summed E-state index contributed by atoms with van der Waals surface area (Å²) in [6.45, 7) is 2.72. The number of carbonyl (C=O) groups excluding carboxylic acids is 2. The molecule has 6 nitrogen and oxygen atoms in total. The van der Waals surface area contributed by atoms with E-state index in [4.69, 9.17) is 4.74 Å². The van der Waals surface area contributed by atoms with Crippen molar-refractivity contribution in [3.8, 4) is 5.75 Å². The number of hydrogen-bond donors (Lipinski definition) is 1. The van der Waals surface area contributed by atoms with Crippen molar-refractivity contribution >= 4 is 11.8 Å². The summed E-state index contributed by atoms with van der Waals surface area (Å²) in [5.74, 6) is 0.657. The van der Waals surface area contributed by atoms with Gasteiger partial charge in [-0.2, -0.15) is 0 Å². The molecule has 1 aliphatic heterocycles. The Balaban J connectivity index is 1.78. The Kier molecular flexibility index (Phi) is 7.25. The minimum Gasteiger partial charge on any atom is -0.496 e. The lowest BCUT2D eigenvalue weighted by molar-refractivity contribution is -0.129. The first-order valence-electron chi connectivity index (χ1n) is 8.83. The number of para-hydroxylation sites is 1. The molecule has 0 radical (unpaired) electrons. The molecule has 6 heteroatoms. The standard InChI is InChI=1S/C19H29N3O3/c1-21(2)11-6-10-20-19(24)16-13-18(23)22(14-16)12-9-15-7-4-5-8-17(15)25-3/h4-5,7-8,16H,6,9-14H2,1-3H3,(H,20,24). The molecule has 1 aliphatic rings. The van der Waals surface area contributed by atoms with Crippen LogP contribution >= 0.6 is 0 Å². The lowest BCUT2D eigenvalue weighted by atomic mass is 10.1. The van der Waals surface area contributed by atoms with Gasteiger partial charge in [-0.25, -0.2) is 0 Å². The van der Waals surface area contributed by atoms with Gasteiger partial charge in [0, 0.05) is 26.1 Å². The Morgan fingerprint density at radius 1 is 1.36 bits per heavy atom. The largest absolute Gasteiger partial charge is 0.496 e. The number of nitrogens with one attached hydrogen (secondary N) is 1. The number of benzene rings is 1. The summed E-state index contributed by atoms with van der Waals surface area (Å²) in [6, 6.07) is 7.83. The van der Waals surface area contributed by atoms with Crippen LogP contribution < -0.4 is 10.1 Å². The van der Waals surface area contributed by atoms with E-state index in [1.165, 1.54) is 0 Å². The van der Waals surface area contributed by atoms with Crippen LogP contribution in [0, 0.1) is 5.92 Å². The number of hydrogen-bond acceptors (Lipinski definition) is 4. The van der Waals surface area contributed by atoms with Crippen molar-refractivity contribution in [1.82, 2.24) is 15.1 Å². The first-order valence-corrected chi connectivity index (χ1v) is 8.83. The number of likely N-dealkylation sites (tertiary alicyclic amines) is 1. The van der Waals surface area contributed by atoms with Crippen molar-refractivity contribution in [2.45, 2.75) is 19.3 Å². The van der Waals surface area contributed by atoms with Crippen LogP contribution in [0.5, 0.6) is 5.75 Å². The Bertz CT molecular complexity index is 589. The Morgan fingerprint density at radius 3 is 2.84 bits per heavy atom. The van der Waals surface area contributed by atoms with Crippen LogP contribution in [0.2, 0.25) is 0 Å². The van der Waals surface area contributed by atoms with E-state index in [1.54, 1.807) is 12.0 Å². The molecule has 1 N–H and O–H groups in total. The van der Waals surface area contributed by atoms with Gasteiger partial charge < -0.3 is 19.9 Å². The molecule has 1 aromatic rings. The zero-order valence-electron chi connectivity index (χ0n) is 15.5. The normalized spacial score (nSPS) is 17.2. The Morgan fingerprint density at radius 2 is 2.12 bits per heavy atom. The highest BCUT2D eigenvalue weighted by atomic mass is 16.5. The number of methoxy groups -OCH3 is 1. The molecule has 25 heavy (non-hydrogen) atoms. The van der Waals surface area contributed by atoms with E-state index in [0.717, 1.165) is 30.7 Å². The third-order valence-electron chi connectivity index (χ3n) is 4.51. The van der Waals surface area contributed by atoms with Crippen LogP contribution in [0.1, 0.15) is 18.4 Å². The number of amides is 2. The highest BCUT2D eigenvalue weighted by Crippen LogP contribution is 2.21. The van der Waals surface area contributed by atoms with Gasteiger partial charge in [0.2, 0.25) is 11.8 Å². The third kappa shape index (κ3) is 5.74. The van der Waals surface area contributed by atoms with Gasteiger partial charge in [0.15, 0.2) is 0 Å². The quantitative estimate of drug-likeness (QED) is 0.681. The monoisotopic (exact) mass is 347 g/mol. The fourth-order valence-corrected chi connectivity index (χ4v) is 3.08. The minimum atomic E-state index is -0.232. The zero-order chi connectivity index (χ0) is 18.2. The molecular formula is C19H29N3O3. The second-order valence-corrected chi connectivity index (χ2v) is 6.75. The smallest absolute Gasteiger partial charge is 0.225 e. The van der Waals surface area contributed by atoms with Crippen molar-refractivity contribution in [3.63, 3.8) is 0 Å². The van der Waals surface area contributed by atoms with E-state index < -0.39 is 0 Å². The van der Waals surface area contributed by atoms with Crippen LogP contribution in [0.4, 0.5) is 0 Å².